The van der Waals surface area contributed by atoms with Crippen LogP contribution in [0.25, 0.3) is 11.1 Å². The molecule has 50 heavy (non-hydrogen) atoms. The van der Waals surface area contributed by atoms with Crippen molar-refractivity contribution in [1.29, 1.82) is 31.6 Å². The molecule has 0 unspecified atom stereocenters. The molecule has 0 spiro atoms. The van der Waals surface area contributed by atoms with Crippen LogP contribution in [0.2, 0.25) is 0 Å². The van der Waals surface area contributed by atoms with Gasteiger partial charge in [-0.3, -0.25) is 0 Å². The molecule has 0 saturated heterocycles. The second kappa shape index (κ2) is 11.9. The van der Waals surface area contributed by atoms with E-state index in [-0.39, 0.29) is 0 Å². The fraction of sp³-hybridized carbons (Fsp3) is 0.143. The number of halogens is 12. The standard InChI is InChI=1S/C28H2F12N10/c29-25(30,31)13-1-14(26(32,33)34)48-23(47-13)21-11(7-45)19-18(10(5-43)6-44)22(12(8-46)20(19)17(21)9(3-41)4-42)24-49-15(27(35,36)37)2-16(50-24)28(38,39)40/h1-2H. The highest BCUT2D eigenvalue weighted by atomic mass is 19.4. The molecule has 10 nitrogen and oxygen atoms in total. The first kappa shape index (κ1) is 35.8. The molecular weight excluding hydrogens is 704 g/mol. The van der Waals surface area contributed by atoms with Gasteiger partial charge < -0.3 is 0 Å². The first-order valence-corrected chi connectivity index (χ1v) is 12.3. The van der Waals surface area contributed by atoms with Crippen molar-refractivity contribution < 1.29 is 52.7 Å². The van der Waals surface area contributed by atoms with Crippen molar-refractivity contribution in [3.63, 3.8) is 0 Å². The lowest BCUT2D eigenvalue weighted by Crippen LogP contribution is -2.18. The molecule has 0 aliphatic heterocycles. The molecular formula is C28H2F12N10. The molecule has 0 fully saturated rings. The third kappa shape index (κ3) is 5.94. The molecule has 22 heteroatoms. The molecule has 0 amide bonds. The summed E-state index contributed by atoms with van der Waals surface area (Å²) in [6.45, 7) is 0. The van der Waals surface area contributed by atoms with Crippen LogP contribution in [-0.4, -0.2) is 19.9 Å². The molecule has 0 N–H and O–H groups in total. The lowest BCUT2D eigenvalue weighted by molar-refractivity contribution is -0.149. The van der Waals surface area contributed by atoms with Crippen LogP contribution in [0.15, 0.2) is 56.7 Å². The third-order valence-electron chi connectivity index (χ3n) is 6.48. The van der Waals surface area contributed by atoms with E-state index in [2.05, 4.69) is 19.9 Å². The Hall–Kier alpha value is -7.04. The number of allylic oxidation sites excluding steroid dienone is 10. The van der Waals surface area contributed by atoms with Crippen molar-refractivity contribution in [1.82, 2.24) is 19.9 Å². The second-order valence-corrected chi connectivity index (χ2v) is 9.34. The zero-order valence-corrected chi connectivity index (χ0v) is 23.2. The molecule has 248 valence electrons. The van der Waals surface area contributed by atoms with Crippen molar-refractivity contribution in [3.05, 3.63) is 91.1 Å². The van der Waals surface area contributed by atoms with Gasteiger partial charge in [0.05, 0.1) is 11.1 Å². The van der Waals surface area contributed by atoms with Gasteiger partial charge in [0, 0.05) is 33.4 Å². The van der Waals surface area contributed by atoms with Gasteiger partial charge in [-0.25, -0.2) is 19.9 Å². The Kier molecular flexibility index (Phi) is 8.51. The number of hydrogen-bond acceptors (Lipinski definition) is 10. The Morgan fingerprint density at radius 2 is 0.660 bits per heavy atom. The molecule has 0 aromatic carbocycles. The predicted molar refractivity (Wildman–Crippen MR) is 133 cm³/mol. The third-order valence-corrected chi connectivity index (χ3v) is 6.48. The summed E-state index contributed by atoms with van der Waals surface area (Å²) in [4.78, 5) is 12.0. The van der Waals surface area contributed by atoms with Gasteiger partial charge in [0.2, 0.25) is 0 Å². The first-order valence-electron chi connectivity index (χ1n) is 12.3. The van der Waals surface area contributed by atoms with Crippen LogP contribution in [0.4, 0.5) is 52.7 Å². The largest absolute Gasteiger partial charge is 0.433 e. The fourth-order valence-corrected chi connectivity index (χ4v) is 4.64. The van der Waals surface area contributed by atoms with Gasteiger partial charge in [-0.1, -0.05) is 0 Å². The zero-order valence-electron chi connectivity index (χ0n) is 23.2. The summed E-state index contributed by atoms with van der Waals surface area (Å²) in [5.41, 5.74) is -21.3. The Balaban J connectivity index is 2.30. The molecule has 0 bridgehead atoms. The lowest BCUT2D eigenvalue weighted by Gasteiger charge is -2.17. The molecule has 2 aliphatic rings. The minimum atomic E-state index is -5.64. The molecule has 2 aliphatic carbocycles. The van der Waals surface area contributed by atoms with Crippen LogP contribution in [0.3, 0.4) is 0 Å². The maximum Gasteiger partial charge on any atom is 0.433 e. The van der Waals surface area contributed by atoms with E-state index >= 15 is 0 Å². The summed E-state index contributed by atoms with van der Waals surface area (Å²) < 4.78 is 164. The molecule has 2 heterocycles. The van der Waals surface area contributed by atoms with Gasteiger partial charge in [0.15, 0.2) is 11.6 Å². The zero-order chi connectivity index (χ0) is 37.7. The summed E-state index contributed by atoms with van der Waals surface area (Å²) in [6, 6.07) is 6.32. The Morgan fingerprint density at radius 3 is 0.840 bits per heavy atom. The minimum Gasteiger partial charge on any atom is -0.223 e. The van der Waals surface area contributed by atoms with Gasteiger partial charge in [0.1, 0.15) is 70.3 Å². The molecule has 0 saturated carbocycles. The van der Waals surface area contributed by atoms with E-state index in [4.69, 9.17) is 0 Å². The summed E-state index contributed by atoms with van der Waals surface area (Å²) in [5, 5.41) is 59.2. The van der Waals surface area contributed by atoms with Gasteiger partial charge in [-0.2, -0.15) is 84.3 Å². The number of nitrogens with zero attached hydrogens (tertiary/aromatic N) is 10. The summed E-state index contributed by atoms with van der Waals surface area (Å²) in [6.07, 6.45) is -22.6. The SMILES string of the molecule is N#CC(C#N)=C1C2=C(C(C#N)=C1c1nc(C(F)(F)F)cc(C(F)(F)F)n1)C(=C(C#N)C#N)C(c1nc(C(F)(F)F)cc(C(F)(F)F)n1)=C2C#N. The van der Waals surface area contributed by atoms with Crippen molar-refractivity contribution in [2.24, 2.45) is 0 Å². The van der Waals surface area contributed by atoms with E-state index in [9.17, 15) is 84.3 Å². The van der Waals surface area contributed by atoms with E-state index in [1.165, 1.54) is 36.4 Å². The van der Waals surface area contributed by atoms with Crippen molar-refractivity contribution in [2.75, 3.05) is 0 Å². The summed E-state index contributed by atoms with van der Waals surface area (Å²) in [5.74, 6) is -3.31. The highest BCUT2D eigenvalue weighted by Crippen LogP contribution is 2.57. The smallest absolute Gasteiger partial charge is 0.223 e. The van der Waals surface area contributed by atoms with Crippen molar-refractivity contribution in [2.45, 2.75) is 24.7 Å². The highest BCUT2D eigenvalue weighted by molar-refractivity contribution is 6.10. The Labute approximate surface area is 268 Å². The monoisotopic (exact) mass is 706 g/mol. The van der Waals surface area contributed by atoms with Crippen LogP contribution in [0.1, 0.15) is 34.4 Å². The summed E-state index contributed by atoms with van der Waals surface area (Å²) in [7, 11) is 0. The van der Waals surface area contributed by atoms with Crippen LogP contribution in [-0.2, 0) is 24.7 Å². The van der Waals surface area contributed by atoms with Crippen LogP contribution >= 0.6 is 0 Å². The maximum absolute atomic E-state index is 13.7. The number of alkyl halides is 12. The summed E-state index contributed by atoms with van der Waals surface area (Å²) >= 11 is 0. The van der Waals surface area contributed by atoms with Crippen LogP contribution in [0.5, 0.6) is 0 Å². The molecule has 4 rings (SSSR count). The average molecular weight is 706 g/mol. The fourth-order valence-electron chi connectivity index (χ4n) is 4.64. The van der Waals surface area contributed by atoms with Gasteiger partial charge >= 0.3 is 24.7 Å². The van der Waals surface area contributed by atoms with E-state index < -0.39 is 127 Å². The molecule has 0 atom stereocenters. The van der Waals surface area contributed by atoms with E-state index in [0.29, 0.717) is 0 Å². The normalized spacial score (nSPS) is 14.8. The van der Waals surface area contributed by atoms with E-state index in [1.807, 2.05) is 0 Å². The van der Waals surface area contributed by atoms with Gasteiger partial charge in [-0.15, -0.1) is 0 Å². The first-order chi connectivity index (χ1) is 23.1. The Bertz CT molecular complexity index is 2060. The topological polar surface area (TPSA) is 194 Å². The van der Waals surface area contributed by atoms with Crippen molar-refractivity contribution >= 4 is 11.1 Å². The van der Waals surface area contributed by atoms with Crippen LogP contribution in [0, 0.1) is 68.0 Å². The Morgan fingerprint density at radius 1 is 0.420 bits per heavy atom. The maximum atomic E-state index is 13.7. The predicted octanol–water partition coefficient (Wildman–Crippen LogP) is 6.61. The molecule has 2 aromatic rings. The number of rotatable bonds is 2. The highest BCUT2D eigenvalue weighted by Gasteiger charge is 2.48. The molecule has 0 radical (unpaired) electrons. The van der Waals surface area contributed by atoms with Crippen molar-refractivity contribution in [3.8, 4) is 36.4 Å². The van der Waals surface area contributed by atoms with E-state index in [1.54, 1.807) is 0 Å². The van der Waals surface area contributed by atoms with Crippen LogP contribution < -0.4 is 0 Å². The quantitative estimate of drug-likeness (QED) is 0.242. The van der Waals surface area contributed by atoms with E-state index in [0.717, 1.165) is 0 Å². The molecule has 2 aromatic heterocycles. The number of hydrogen-bond donors (Lipinski definition) is 0. The minimum absolute atomic E-state index is 0.540. The number of nitriles is 6. The second-order valence-electron chi connectivity index (χ2n) is 9.34. The average Bonchev–Trinajstić information content (AvgIpc) is 3.53. The number of aromatic nitrogens is 4. The van der Waals surface area contributed by atoms with Gasteiger partial charge in [-0.05, 0) is 12.1 Å². The van der Waals surface area contributed by atoms with Gasteiger partial charge in [0.25, 0.3) is 0 Å². The lowest BCUT2D eigenvalue weighted by atomic mass is 9.89.